The second kappa shape index (κ2) is 15.3. The molecule has 12 heteroatoms. The third-order valence-electron chi connectivity index (χ3n) is 13.0. The standard InChI is InChI=1S/C22H27F3O4S.C21H23NO3/c1-11-6-13-14-8-16(24)15-7-12(26)4-5-19(15,2)21(14,25)17(27)9-20(13,3)22(11,29)18(28)30-10-23;1-22(2)11-5-8-18-17-7-4-3-6-16(17)14-25-20-10-9-15(12-19(18)20)13-21(23)24/h4-5,7,11,13-14,16-17,27,29H,6,8-10H2,1-3H3;3-4,6-10,12H,5,11,13-14H2,1-2H3,(H,23,24)/b;18-8-/t11-,13+,14+,16+,17+,19+,20+,21+,22+;/m1./s1. The van der Waals surface area contributed by atoms with Crippen molar-refractivity contribution in [2.45, 2.75) is 83.0 Å². The number of carboxylic acids is 1. The zero-order valence-corrected chi connectivity index (χ0v) is 32.7. The molecular formula is C43H50F3NO7S. The molecule has 2 aromatic carbocycles. The molecule has 0 bridgehead atoms. The van der Waals surface area contributed by atoms with Crippen LogP contribution in [0, 0.1) is 28.6 Å². The van der Waals surface area contributed by atoms with Gasteiger partial charge in [-0.05, 0) is 111 Å². The van der Waals surface area contributed by atoms with Crippen LogP contribution in [0.4, 0.5) is 13.2 Å². The first-order valence-electron chi connectivity index (χ1n) is 18.7. The van der Waals surface area contributed by atoms with Gasteiger partial charge in [0.2, 0.25) is 5.12 Å². The Morgan fingerprint density at radius 1 is 1.09 bits per heavy atom. The smallest absolute Gasteiger partial charge is 0.307 e. The molecule has 2 aromatic rings. The van der Waals surface area contributed by atoms with E-state index < -0.39 is 75.0 Å². The predicted octanol–water partition coefficient (Wildman–Crippen LogP) is 7.06. The molecule has 0 aromatic heterocycles. The van der Waals surface area contributed by atoms with E-state index in [2.05, 4.69) is 37.2 Å². The molecule has 1 heterocycles. The summed E-state index contributed by atoms with van der Waals surface area (Å²) in [6, 6.07) is 12.9. The Morgan fingerprint density at radius 2 is 1.82 bits per heavy atom. The number of carbonyl (C=O) groups excluding carboxylic acids is 2. The largest absolute Gasteiger partial charge is 0.488 e. The van der Waals surface area contributed by atoms with Crippen LogP contribution < -0.4 is 4.74 Å². The predicted molar refractivity (Wildman–Crippen MR) is 206 cm³/mol. The van der Waals surface area contributed by atoms with Crippen molar-refractivity contribution in [2.24, 2.45) is 28.6 Å². The van der Waals surface area contributed by atoms with E-state index in [1.807, 2.05) is 30.3 Å². The van der Waals surface area contributed by atoms with E-state index in [0.717, 1.165) is 52.6 Å². The number of hydrogen-bond acceptors (Lipinski definition) is 8. The summed E-state index contributed by atoms with van der Waals surface area (Å²) in [5, 5.41) is 31.0. The number of ether oxygens (including phenoxy) is 1. The van der Waals surface area contributed by atoms with E-state index in [-0.39, 0.29) is 31.3 Å². The lowest BCUT2D eigenvalue weighted by Gasteiger charge is -2.63. The molecule has 0 spiro atoms. The molecular weight excluding hydrogens is 732 g/mol. The molecule has 3 N–H and O–H groups in total. The van der Waals surface area contributed by atoms with E-state index in [1.54, 1.807) is 13.8 Å². The zero-order valence-electron chi connectivity index (χ0n) is 31.9. The van der Waals surface area contributed by atoms with Gasteiger partial charge in [0.25, 0.3) is 0 Å². The molecule has 1 aliphatic heterocycles. The Kier molecular flexibility index (Phi) is 11.4. The Morgan fingerprint density at radius 3 is 2.51 bits per heavy atom. The lowest BCUT2D eigenvalue weighted by atomic mass is 9.44. The molecule has 0 unspecified atom stereocenters. The van der Waals surface area contributed by atoms with Crippen LogP contribution in [0.1, 0.15) is 68.7 Å². The highest BCUT2D eigenvalue weighted by atomic mass is 32.2. The molecule has 7 rings (SSSR count). The second-order valence-corrected chi connectivity index (χ2v) is 17.2. The molecule has 0 saturated heterocycles. The van der Waals surface area contributed by atoms with Crippen LogP contribution in [0.3, 0.4) is 0 Å². The van der Waals surface area contributed by atoms with Gasteiger partial charge in [0, 0.05) is 28.9 Å². The first kappa shape index (κ1) is 40.9. The average Bonchev–Trinajstić information content (AvgIpc) is 3.23. The van der Waals surface area contributed by atoms with Crippen molar-refractivity contribution in [1.29, 1.82) is 0 Å². The van der Waals surface area contributed by atoms with Gasteiger partial charge in [-0.25, -0.2) is 13.2 Å². The molecule has 3 fully saturated rings. The van der Waals surface area contributed by atoms with Gasteiger partial charge in [-0.2, -0.15) is 0 Å². The fourth-order valence-electron chi connectivity index (χ4n) is 10.2. The van der Waals surface area contributed by atoms with Gasteiger partial charge in [-0.15, -0.1) is 0 Å². The van der Waals surface area contributed by atoms with E-state index in [4.69, 9.17) is 9.84 Å². The number of carbonyl (C=O) groups is 3. The summed E-state index contributed by atoms with van der Waals surface area (Å²) in [6.45, 7) is 6.26. The van der Waals surface area contributed by atoms with Crippen LogP contribution >= 0.6 is 11.8 Å². The second-order valence-electron chi connectivity index (χ2n) is 16.4. The van der Waals surface area contributed by atoms with Crippen molar-refractivity contribution >= 4 is 34.2 Å². The Bertz CT molecular complexity index is 1950. The van der Waals surface area contributed by atoms with Crippen LogP contribution in [-0.2, 0) is 27.4 Å². The summed E-state index contributed by atoms with van der Waals surface area (Å²) in [5.74, 6) is -2.59. The molecule has 8 nitrogen and oxygen atoms in total. The lowest BCUT2D eigenvalue weighted by molar-refractivity contribution is -0.221. The summed E-state index contributed by atoms with van der Waals surface area (Å²) in [6.07, 6.45) is 3.47. The number of halogens is 3. The number of ketones is 1. The highest BCUT2D eigenvalue weighted by Gasteiger charge is 2.76. The van der Waals surface area contributed by atoms with E-state index in [1.165, 1.54) is 19.1 Å². The maximum absolute atomic E-state index is 16.9. The van der Waals surface area contributed by atoms with Gasteiger partial charge in [-0.1, -0.05) is 68.1 Å². The number of rotatable bonds is 7. The summed E-state index contributed by atoms with van der Waals surface area (Å²) in [7, 11) is 4.11. The minimum Gasteiger partial charge on any atom is -0.488 e. The summed E-state index contributed by atoms with van der Waals surface area (Å²) in [4.78, 5) is 37.8. The van der Waals surface area contributed by atoms with Crippen molar-refractivity contribution in [3.63, 3.8) is 0 Å². The minimum atomic E-state index is -2.26. The van der Waals surface area contributed by atoms with Crippen LogP contribution in [-0.4, -0.2) is 87.3 Å². The number of aliphatic hydroxyl groups excluding tert-OH is 1. The Hall–Kier alpha value is -3.71. The zero-order chi connectivity index (χ0) is 40.1. The van der Waals surface area contributed by atoms with Crippen LogP contribution in [0.5, 0.6) is 5.75 Å². The highest BCUT2D eigenvalue weighted by Crippen LogP contribution is 2.71. The van der Waals surface area contributed by atoms with Gasteiger partial charge in [-0.3, -0.25) is 14.4 Å². The number of carboxylic acid groups (broad SMARTS) is 1. The molecule has 4 aliphatic carbocycles. The first-order chi connectivity index (χ1) is 25.9. The first-order valence-corrected chi connectivity index (χ1v) is 19.7. The van der Waals surface area contributed by atoms with Crippen molar-refractivity contribution < 1.29 is 47.6 Å². The van der Waals surface area contributed by atoms with Crippen molar-refractivity contribution in [3.05, 3.63) is 94.6 Å². The molecule has 55 heavy (non-hydrogen) atoms. The maximum atomic E-state index is 16.9. The molecule has 296 valence electrons. The topological polar surface area (TPSA) is 124 Å². The lowest BCUT2D eigenvalue weighted by Crippen LogP contribution is -2.70. The number of allylic oxidation sites excluding steroid dienone is 4. The summed E-state index contributed by atoms with van der Waals surface area (Å²) >= 11 is 0.371. The monoisotopic (exact) mass is 781 g/mol. The number of hydrogen-bond donors (Lipinski definition) is 3. The van der Waals surface area contributed by atoms with Gasteiger partial charge in [0.15, 0.2) is 11.5 Å². The average molecular weight is 782 g/mol. The van der Waals surface area contributed by atoms with Gasteiger partial charge < -0.3 is 25.0 Å². The number of aliphatic hydroxyl groups is 2. The van der Waals surface area contributed by atoms with Crippen LogP contribution in [0.2, 0.25) is 0 Å². The third-order valence-corrected chi connectivity index (χ3v) is 13.7. The highest BCUT2D eigenvalue weighted by molar-refractivity contribution is 8.13. The normalized spacial score (nSPS) is 35.2. The van der Waals surface area contributed by atoms with Crippen molar-refractivity contribution in [1.82, 2.24) is 4.90 Å². The fourth-order valence-corrected chi connectivity index (χ4v) is 11.0. The van der Waals surface area contributed by atoms with E-state index in [9.17, 15) is 29.0 Å². The number of alkyl halides is 3. The number of fused-ring (bicyclic) bond motifs is 7. The Balaban J connectivity index is 0.000000190. The Labute approximate surface area is 324 Å². The molecule has 0 radical (unpaired) electrons. The van der Waals surface area contributed by atoms with Crippen LogP contribution in [0.25, 0.3) is 5.57 Å². The molecule has 0 amide bonds. The quantitative estimate of drug-likeness (QED) is 0.271. The van der Waals surface area contributed by atoms with Gasteiger partial charge in [0.1, 0.15) is 30.1 Å². The number of thioether (sulfide) groups is 1. The molecule has 5 aliphatic rings. The fraction of sp³-hybridized carbons (Fsp3) is 0.512. The van der Waals surface area contributed by atoms with E-state index in [0.29, 0.717) is 18.4 Å². The van der Waals surface area contributed by atoms with E-state index >= 15 is 8.78 Å². The SMILES string of the molecule is CN(C)CC/C=C1/c2ccccc2COc2ccc(CC(=O)O)cc21.C[C@@H]1C[C@H]2[C@@H]3C[C@H](F)C4=CC(=O)C=C[C@]4(C)[C@@]3(F)[C@@H](O)C[C@]2(C)[C@@]1(O)C(=O)SCF. The summed E-state index contributed by atoms with van der Waals surface area (Å²) in [5.41, 5.74) is -1.72. The third kappa shape index (κ3) is 6.80. The van der Waals surface area contributed by atoms with Gasteiger partial charge in [0.05, 0.1) is 12.5 Å². The molecule has 9 atom stereocenters. The van der Waals surface area contributed by atoms with Crippen LogP contribution in [0.15, 0.2) is 72.3 Å². The van der Waals surface area contributed by atoms with Gasteiger partial charge >= 0.3 is 5.97 Å². The van der Waals surface area contributed by atoms with Crippen molar-refractivity contribution in [3.8, 4) is 5.75 Å². The number of benzene rings is 2. The summed E-state index contributed by atoms with van der Waals surface area (Å²) < 4.78 is 51.1. The van der Waals surface area contributed by atoms with Crippen molar-refractivity contribution in [2.75, 3.05) is 26.6 Å². The number of aliphatic carboxylic acids is 1. The maximum Gasteiger partial charge on any atom is 0.307 e. The number of nitrogens with zero attached hydrogens (tertiary/aromatic N) is 1. The minimum absolute atomic E-state index is 0.0138. The molecule has 3 saturated carbocycles.